The molecule has 10 nitrogen and oxygen atoms in total. The zero-order chi connectivity index (χ0) is 35.7. The van der Waals surface area contributed by atoms with Gasteiger partial charge in [0, 0.05) is 68.2 Å². The number of benzene rings is 3. The number of hydrogen-bond acceptors (Lipinski definition) is 6. The van der Waals surface area contributed by atoms with E-state index in [1.54, 1.807) is 13.2 Å². The Morgan fingerprint density at radius 2 is 1.73 bits per heavy atom. The van der Waals surface area contributed by atoms with Crippen LogP contribution in [0, 0.1) is 5.41 Å². The van der Waals surface area contributed by atoms with Crippen LogP contribution in [0.4, 0.5) is 0 Å². The first-order valence-electron chi connectivity index (χ1n) is 18.2. The summed E-state index contributed by atoms with van der Waals surface area (Å²) in [6.45, 7) is 2.68. The van der Waals surface area contributed by atoms with E-state index in [1.807, 2.05) is 36.4 Å². The number of aromatic nitrogens is 1. The van der Waals surface area contributed by atoms with Crippen molar-refractivity contribution >= 4 is 32.9 Å². The van der Waals surface area contributed by atoms with Gasteiger partial charge in [0.25, 0.3) is 5.91 Å². The number of amides is 2. The number of piperazine rings is 1. The van der Waals surface area contributed by atoms with Gasteiger partial charge in [-0.25, -0.2) is 4.72 Å². The highest BCUT2D eigenvalue weighted by Gasteiger charge is 2.64. The van der Waals surface area contributed by atoms with E-state index in [0.717, 1.165) is 88.5 Å². The van der Waals surface area contributed by atoms with Gasteiger partial charge in [-0.05, 0) is 79.3 Å². The minimum atomic E-state index is -3.99. The number of nitrogens with zero attached hydrogens (tertiary/aromatic N) is 4. The van der Waals surface area contributed by atoms with Crippen LogP contribution >= 0.6 is 0 Å². The first-order valence-corrected chi connectivity index (χ1v) is 19.6. The van der Waals surface area contributed by atoms with Crippen LogP contribution in [0.3, 0.4) is 0 Å². The molecule has 3 unspecified atom stereocenters. The van der Waals surface area contributed by atoms with Crippen molar-refractivity contribution in [2.45, 2.75) is 62.9 Å². The molecular formula is C40H47N5O5S. The molecular weight excluding hydrogens is 663 g/mol. The van der Waals surface area contributed by atoms with Crippen LogP contribution in [0.25, 0.3) is 22.2 Å². The molecule has 3 atom stereocenters. The molecule has 8 rings (SSSR count). The second kappa shape index (κ2) is 12.8. The molecule has 268 valence electrons. The quantitative estimate of drug-likeness (QED) is 0.256. The van der Waals surface area contributed by atoms with Crippen molar-refractivity contribution in [1.29, 1.82) is 0 Å². The van der Waals surface area contributed by atoms with Crippen LogP contribution in [0.5, 0.6) is 5.75 Å². The monoisotopic (exact) mass is 709 g/mol. The lowest BCUT2D eigenvalue weighted by Gasteiger charge is -2.42. The number of hydrogen-bond donors (Lipinski definition) is 1. The molecule has 1 aromatic heterocycles. The number of carbonyl (C=O) groups excluding carboxylic acids is 2. The Labute approximate surface area is 300 Å². The summed E-state index contributed by atoms with van der Waals surface area (Å²) in [5.41, 5.74) is 6.22. The largest absolute Gasteiger partial charge is 0.497 e. The topological polar surface area (TPSA) is 104 Å². The van der Waals surface area contributed by atoms with Crippen LogP contribution in [0.15, 0.2) is 66.7 Å². The van der Waals surface area contributed by atoms with Gasteiger partial charge in [0.05, 0.1) is 24.3 Å². The maximum Gasteiger partial charge on any atom is 0.303 e. The predicted molar refractivity (Wildman–Crippen MR) is 198 cm³/mol. The number of nitrogens with one attached hydrogen (secondary N) is 1. The number of likely N-dealkylation sites (N-methyl/N-ethyl adjacent to an activating group) is 1. The normalized spacial score (nSPS) is 23.7. The van der Waals surface area contributed by atoms with Crippen molar-refractivity contribution < 1.29 is 22.7 Å². The molecule has 51 heavy (non-hydrogen) atoms. The smallest absolute Gasteiger partial charge is 0.303 e. The molecule has 1 saturated heterocycles. The highest BCUT2D eigenvalue weighted by atomic mass is 32.2. The molecule has 2 saturated carbocycles. The summed E-state index contributed by atoms with van der Waals surface area (Å²) in [5.74, 6) is 0.605. The van der Waals surface area contributed by atoms with Gasteiger partial charge in [-0.3, -0.25) is 9.59 Å². The molecule has 2 amide bonds. The molecule has 2 aliphatic carbocycles. The molecule has 1 N–H and O–H groups in total. The van der Waals surface area contributed by atoms with Gasteiger partial charge in [-0.15, -0.1) is 0 Å². The summed E-state index contributed by atoms with van der Waals surface area (Å²) in [7, 11) is 2.59. The van der Waals surface area contributed by atoms with E-state index >= 15 is 4.79 Å². The maximum atomic E-state index is 15.3. The second-order valence-electron chi connectivity index (χ2n) is 15.2. The van der Waals surface area contributed by atoms with Gasteiger partial charge < -0.3 is 19.1 Å². The molecule has 3 aromatic carbocycles. The van der Waals surface area contributed by atoms with Crippen LogP contribution in [0.1, 0.15) is 83.5 Å². The minimum absolute atomic E-state index is 0.0112. The van der Waals surface area contributed by atoms with Crippen LogP contribution in [-0.2, 0) is 21.5 Å². The number of methoxy groups -OCH3 is 1. The van der Waals surface area contributed by atoms with E-state index < -0.39 is 21.5 Å². The third-order valence-corrected chi connectivity index (χ3v) is 13.3. The Morgan fingerprint density at radius 1 is 0.961 bits per heavy atom. The first kappa shape index (κ1) is 33.9. The predicted octanol–water partition coefficient (Wildman–Crippen LogP) is 5.90. The minimum Gasteiger partial charge on any atom is -0.497 e. The Bertz CT molecular complexity index is 2120. The fourth-order valence-corrected chi connectivity index (χ4v) is 9.63. The first-order chi connectivity index (χ1) is 24.5. The Balaban J connectivity index is 1.31. The number of ether oxygens (including phenoxy) is 1. The van der Waals surface area contributed by atoms with Crippen molar-refractivity contribution in [3.05, 3.63) is 89.0 Å². The molecule has 4 aliphatic rings. The molecule has 3 fully saturated rings. The third kappa shape index (κ3) is 5.74. The van der Waals surface area contributed by atoms with Crippen molar-refractivity contribution in [1.82, 2.24) is 23.4 Å². The molecule has 2 aliphatic heterocycles. The summed E-state index contributed by atoms with van der Waals surface area (Å²) in [6.07, 6.45) is 6.41. The Kier molecular flexibility index (Phi) is 8.51. The van der Waals surface area contributed by atoms with Crippen molar-refractivity contribution in [3.8, 4) is 17.0 Å². The standard InChI is InChI=1S/C40H47N5O5S/c1-42(2)51(48,49)41-38(46)28-15-17-31-34(21-28)45-25-40(39(47)44-20-19-43(3)24-35(44)26-11-7-5-8-12-26)23-33(40)32-22-29(50-4)16-18-30(32)37(45)36(31)27-13-9-6-10-14-27/h5,7-8,11-12,15-18,21-22,27,33,35H,6,9-10,13-14,19-20,23-25H2,1-4H3,(H,41,46). The van der Waals surface area contributed by atoms with E-state index in [9.17, 15) is 13.2 Å². The molecule has 11 heteroatoms. The summed E-state index contributed by atoms with van der Waals surface area (Å²) >= 11 is 0. The Hall–Kier alpha value is -4.19. The lowest BCUT2D eigenvalue weighted by molar-refractivity contribution is -0.143. The summed E-state index contributed by atoms with van der Waals surface area (Å²) in [4.78, 5) is 33.2. The van der Waals surface area contributed by atoms with Gasteiger partial charge in [-0.2, -0.15) is 12.7 Å². The molecule has 0 spiro atoms. The van der Waals surface area contributed by atoms with Crippen molar-refractivity contribution in [2.75, 3.05) is 47.9 Å². The van der Waals surface area contributed by atoms with Gasteiger partial charge in [-0.1, -0.05) is 55.7 Å². The van der Waals surface area contributed by atoms with E-state index in [4.69, 9.17) is 4.74 Å². The SMILES string of the molecule is COc1ccc2c(c1)C1CC1(C(=O)N1CCN(C)CC1c1ccccc1)Cn1c-2c(C2CCCCC2)c2ccc(C(=O)NS(=O)(=O)N(C)C)cc21. The van der Waals surface area contributed by atoms with Crippen LogP contribution in [0.2, 0.25) is 0 Å². The van der Waals surface area contributed by atoms with Gasteiger partial charge in [0.1, 0.15) is 5.75 Å². The summed E-state index contributed by atoms with van der Waals surface area (Å²) < 4.78 is 36.6. The van der Waals surface area contributed by atoms with Crippen molar-refractivity contribution in [2.24, 2.45) is 5.41 Å². The van der Waals surface area contributed by atoms with E-state index in [-0.39, 0.29) is 23.4 Å². The molecule has 4 aromatic rings. The van der Waals surface area contributed by atoms with Crippen molar-refractivity contribution in [3.63, 3.8) is 0 Å². The average Bonchev–Trinajstić information content (AvgIpc) is 3.81. The number of rotatable bonds is 7. The fourth-order valence-electron chi connectivity index (χ4n) is 9.10. The van der Waals surface area contributed by atoms with Crippen LogP contribution in [-0.4, -0.2) is 86.8 Å². The van der Waals surface area contributed by atoms with E-state index in [1.165, 1.54) is 26.1 Å². The summed E-state index contributed by atoms with van der Waals surface area (Å²) in [5, 5.41) is 1.06. The zero-order valence-electron chi connectivity index (χ0n) is 29.9. The molecule has 0 bridgehead atoms. The van der Waals surface area contributed by atoms with Gasteiger partial charge in [0.2, 0.25) is 5.91 Å². The second-order valence-corrected chi connectivity index (χ2v) is 17.1. The van der Waals surface area contributed by atoms with Crippen LogP contribution < -0.4 is 9.46 Å². The van der Waals surface area contributed by atoms with Gasteiger partial charge >= 0.3 is 10.2 Å². The lowest BCUT2D eigenvalue weighted by atomic mass is 9.81. The summed E-state index contributed by atoms with van der Waals surface area (Å²) in [6, 6.07) is 22.1. The highest BCUT2D eigenvalue weighted by molar-refractivity contribution is 7.87. The fraction of sp³-hybridized carbons (Fsp3) is 0.450. The lowest BCUT2D eigenvalue weighted by Crippen LogP contribution is -2.52. The van der Waals surface area contributed by atoms with E-state index in [0.29, 0.717) is 19.0 Å². The average molecular weight is 710 g/mol. The number of carbonyl (C=O) groups is 2. The Morgan fingerprint density at radius 3 is 2.45 bits per heavy atom. The molecule has 3 heterocycles. The highest BCUT2D eigenvalue weighted by Crippen LogP contribution is 2.66. The van der Waals surface area contributed by atoms with Gasteiger partial charge in [0.15, 0.2) is 0 Å². The number of fused-ring (bicyclic) bond motifs is 7. The van der Waals surface area contributed by atoms with E-state index in [2.05, 4.69) is 50.4 Å². The third-order valence-electron chi connectivity index (χ3n) is 11.9. The maximum absolute atomic E-state index is 15.3. The zero-order valence-corrected chi connectivity index (χ0v) is 30.7. The molecule has 0 radical (unpaired) electrons.